The number of nitrogens with one attached hydrogen (secondary N) is 1. The summed E-state index contributed by atoms with van der Waals surface area (Å²) >= 11 is 0. The van der Waals surface area contributed by atoms with Gasteiger partial charge in [-0.15, -0.1) is 0 Å². The third-order valence-corrected chi connectivity index (χ3v) is 5.85. The smallest absolute Gasteiger partial charge is 0.253 e. The van der Waals surface area contributed by atoms with E-state index in [0.29, 0.717) is 44.7 Å². The first-order chi connectivity index (χ1) is 13.0. The van der Waals surface area contributed by atoms with E-state index in [1.54, 1.807) is 16.7 Å². The van der Waals surface area contributed by atoms with E-state index in [-0.39, 0.29) is 30.2 Å². The molecule has 7 nitrogen and oxygen atoms in total. The molecule has 1 N–H and O–H groups in total. The molecule has 0 saturated carbocycles. The average Bonchev–Trinajstić information content (AvgIpc) is 3.16. The molecule has 0 radical (unpaired) electrons. The molecule has 4 rings (SSSR count). The minimum Gasteiger partial charge on any atom is -0.341 e. The van der Waals surface area contributed by atoms with Crippen LogP contribution in [0.3, 0.4) is 0 Å². The van der Waals surface area contributed by atoms with Gasteiger partial charge in [-0.1, -0.05) is 30.3 Å². The molecule has 2 fully saturated rings. The predicted molar refractivity (Wildman–Crippen MR) is 100 cm³/mol. The normalized spacial score (nSPS) is 24.3. The van der Waals surface area contributed by atoms with Gasteiger partial charge in [-0.3, -0.25) is 19.4 Å². The zero-order chi connectivity index (χ0) is 19.0. The summed E-state index contributed by atoms with van der Waals surface area (Å²) in [5.74, 6) is 0.713. The Morgan fingerprint density at radius 1 is 1.22 bits per heavy atom. The van der Waals surface area contributed by atoms with Crippen LogP contribution in [-0.2, 0) is 14.4 Å². The van der Waals surface area contributed by atoms with Gasteiger partial charge in [0.1, 0.15) is 11.4 Å². The highest BCUT2D eigenvalue weighted by molar-refractivity contribution is 6.07. The largest absolute Gasteiger partial charge is 0.341 e. The number of piperidine rings is 1. The van der Waals surface area contributed by atoms with E-state index in [9.17, 15) is 14.4 Å². The maximum Gasteiger partial charge on any atom is 0.253 e. The second-order valence-corrected chi connectivity index (χ2v) is 7.65. The SMILES string of the molecule is CC1=NC2(CCN(C(=O)CN3C[C@H](c4ccccc4)CC3=O)CC2)C(=O)N1. The van der Waals surface area contributed by atoms with Gasteiger partial charge in [0.2, 0.25) is 11.8 Å². The van der Waals surface area contributed by atoms with E-state index in [1.807, 2.05) is 30.3 Å². The van der Waals surface area contributed by atoms with Crippen LogP contribution in [0.1, 0.15) is 37.7 Å². The number of carbonyl (C=O) groups is 3. The second kappa shape index (κ2) is 6.79. The Labute approximate surface area is 158 Å². The molecule has 3 amide bonds. The van der Waals surface area contributed by atoms with E-state index in [2.05, 4.69) is 10.3 Å². The van der Waals surface area contributed by atoms with Crippen LogP contribution in [0.2, 0.25) is 0 Å². The summed E-state index contributed by atoms with van der Waals surface area (Å²) in [6.45, 7) is 3.47. The summed E-state index contributed by atoms with van der Waals surface area (Å²) in [5, 5.41) is 2.76. The molecule has 0 unspecified atom stereocenters. The Morgan fingerprint density at radius 3 is 2.56 bits per heavy atom. The van der Waals surface area contributed by atoms with Gasteiger partial charge in [0.25, 0.3) is 5.91 Å². The maximum absolute atomic E-state index is 12.7. The van der Waals surface area contributed by atoms with Crippen LogP contribution in [0.5, 0.6) is 0 Å². The monoisotopic (exact) mass is 368 g/mol. The van der Waals surface area contributed by atoms with Crippen LogP contribution in [0.15, 0.2) is 35.3 Å². The fourth-order valence-electron chi connectivity index (χ4n) is 4.28. The van der Waals surface area contributed by atoms with Crippen LogP contribution in [0, 0.1) is 0 Å². The van der Waals surface area contributed by atoms with Gasteiger partial charge in [-0.2, -0.15) is 0 Å². The first-order valence-electron chi connectivity index (χ1n) is 9.45. The molecule has 142 valence electrons. The number of rotatable bonds is 3. The number of aliphatic imine (C=N–C) groups is 1. The van der Waals surface area contributed by atoms with E-state index in [1.165, 1.54) is 0 Å². The molecular weight excluding hydrogens is 344 g/mol. The van der Waals surface area contributed by atoms with Crippen molar-refractivity contribution in [1.29, 1.82) is 0 Å². The third kappa shape index (κ3) is 3.34. The van der Waals surface area contributed by atoms with Crippen molar-refractivity contribution >= 4 is 23.6 Å². The van der Waals surface area contributed by atoms with E-state index < -0.39 is 5.54 Å². The van der Waals surface area contributed by atoms with E-state index >= 15 is 0 Å². The molecule has 7 heteroatoms. The Hall–Kier alpha value is -2.70. The number of carbonyl (C=O) groups excluding carboxylic acids is 3. The number of likely N-dealkylation sites (tertiary alicyclic amines) is 2. The summed E-state index contributed by atoms with van der Waals surface area (Å²) < 4.78 is 0. The first kappa shape index (κ1) is 17.7. The van der Waals surface area contributed by atoms with Crippen LogP contribution in [0.25, 0.3) is 0 Å². The van der Waals surface area contributed by atoms with E-state index in [0.717, 1.165) is 5.56 Å². The van der Waals surface area contributed by atoms with Gasteiger partial charge in [0, 0.05) is 32.0 Å². The zero-order valence-corrected chi connectivity index (χ0v) is 15.5. The molecule has 1 atom stereocenters. The topological polar surface area (TPSA) is 82.1 Å². The van der Waals surface area contributed by atoms with Crippen molar-refractivity contribution < 1.29 is 14.4 Å². The highest BCUT2D eigenvalue weighted by atomic mass is 16.2. The molecule has 1 aromatic carbocycles. The summed E-state index contributed by atoms with van der Waals surface area (Å²) in [4.78, 5) is 45.1. The molecule has 0 bridgehead atoms. The van der Waals surface area contributed by atoms with Crippen molar-refractivity contribution in [2.75, 3.05) is 26.2 Å². The van der Waals surface area contributed by atoms with Crippen molar-refractivity contribution in [3.8, 4) is 0 Å². The molecule has 3 aliphatic rings. The fraction of sp³-hybridized carbons (Fsp3) is 0.500. The van der Waals surface area contributed by atoms with Gasteiger partial charge >= 0.3 is 0 Å². The minimum atomic E-state index is -0.706. The van der Waals surface area contributed by atoms with Gasteiger partial charge < -0.3 is 15.1 Å². The standard InChI is InChI=1S/C20H24N4O3/c1-14-21-19(27)20(22-14)7-9-23(10-8-20)18(26)13-24-12-16(11-17(24)25)15-5-3-2-4-6-15/h2-6,16H,7-13H2,1H3,(H,21,22,27)/t16-/m1/s1. The van der Waals surface area contributed by atoms with Gasteiger partial charge in [0.15, 0.2) is 0 Å². The Balaban J connectivity index is 1.34. The number of benzene rings is 1. The van der Waals surface area contributed by atoms with Crippen molar-refractivity contribution in [2.45, 2.75) is 37.6 Å². The molecular formula is C20H24N4O3. The lowest BCUT2D eigenvalue weighted by molar-refractivity contribution is -0.140. The summed E-state index contributed by atoms with van der Waals surface area (Å²) in [7, 11) is 0. The van der Waals surface area contributed by atoms with E-state index in [4.69, 9.17) is 0 Å². The molecule has 1 spiro atoms. The number of amidine groups is 1. The lowest BCUT2D eigenvalue weighted by Crippen LogP contribution is -2.52. The lowest BCUT2D eigenvalue weighted by atomic mass is 9.88. The summed E-state index contributed by atoms with van der Waals surface area (Å²) in [6.07, 6.45) is 1.51. The number of nitrogens with zero attached hydrogens (tertiary/aromatic N) is 3. The number of amides is 3. The second-order valence-electron chi connectivity index (χ2n) is 7.65. The number of hydrogen-bond donors (Lipinski definition) is 1. The average molecular weight is 368 g/mol. The lowest BCUT2D eigenvalue weighted by Gasteiger charge is -2.36. The fourth-order valence-corrected chi connectivity index (χ4v) is 4.28. The van der Waals surface area contributed by atoms with Crippen LogP contribution in [-0.4, -0.2) is 65.1 Å². The van der Waals surface area contributed by atoms with Crippen molar-refractivity contribution in [2.24, 2.45) is 4.99 Å². The molecule has 0 aromatic heterocycles. The van der Waals surface area contributed by atoms with Gasteiger partial charge in [0.05, 0.1) is 6.54 Å². The highest BCUT2D eigenvalue weighted by Crippen LogP contribution is 2.31. The zero-order valence-electron chi connectivity index (χ0n) is 15.5. The Bertz CT molecular complexity index is 797. The molecule has 0 aliphatic carbocycles. The molecule has 1 aromatic rings. The predicted octanol–water partition coefficient (Wildman–Crippen LogP) is 0.912. The van der Waals surface area contributed by atoms with Crippen molar-refractivity contribution in [3.05, 3.63) is 35.9 Å². The van der Waals surface area contributed by atoms with Crippen LogP contribution < -0.4 is 5.32 Å². The number of hydrogen-bond acceptors (Lipinski definition) is 4. The molecule has 3 heterocycles. The van der Waals surface area contributed by atoms with Gasteiger partial charge in [-0.25, -0.2) is 0 Å². The quantitative estimate of drug-likeness (QED) is 0.861. The van der Waals surface area contributed by atoms with Crippen LogP contribution in [0.4, 0.5) is 0 Å². The van der Waals surface area contributed by atoms with Crippen molar-refractivity contribution in [3.63, 3.8) is 0 Å². The molecule has 3 aliphatic heterocycles. The Morgan fingerprint density at radius 2 is 1.93 bits per heavy atom. The maximum atomic E-state index is 12.7. The van der Waals surface area contributed by atoms with Gasteiger partial charge in [-0.05, 0) is 25.3 Å². The molecule has 2 saturated heterocycles. The van der Waals surface area contributed by atoms with Crippen LogP contribution >= 0.6 is 0 Å². The molecule has 27 heavy (non-hydrogen) atoms. The minimum absolute atomic E-state index is 0.0288. The first-order valence-corrected chi connectivity index (χ1v) is 9.45. The summed E-state index contributed by atoms with van der Waals surface area (Å²) in [6, 6.07) is 9.97. The highest BCUT2D eigenvalue weighted by Gasteiger charge is 2.45. The summed E-state index contributed by atoms with van der Waals surface area (Å²) in [5.41, 5.74) is 0.434. The Kier molecular flexibility index (Phi) is 4.45. The third-order valence-electron chi connectivity index (χ3n) is 5.85. The van der Waals surface area contributed by atoms with Crippen molar-refractivity contribution in [1.82, 2.24) is 15.1 Å².